The molecule has 0 aliphatic heterocycles. The van der Waals surface area contributed by atoms with Crippen molar-refractivity contribution in [3.05, 3.63) is 28.2 Å². The Bertz CT molecular complexity index is 545. The standard InChI is InChI=1S/C15H18Cl2N2O3/c16-10-5-11(17)7-12(6-10)19-15(22)14(21)18-8-9-2-1-3-13(20)4-9/h5-7,9,13,20H,1-4,8H2,(H,18,21)(H,19,22). The van der Waals surface area contributed by atoms with Gasteiger partial charge >= 0.3 is 11.8 Å². The van der Waals surface area contributed by atoms with Crippen LogP contribution in [-0.4, -0.2) is 29.6 Å². The van der Waals surface area contributed by atoms with E-state index in [0.717, 1.165) is 19.3 Å². The lowest BCUT2D eigenvalue weighted by molar-refractivity contribution is -0.136. The second-order valence-electron chi connectivity index (χ2n) is 5.51. The van der Waals surface area contributed by atoms with Crippen molar-refractivity contribution >= 4 is 40.7 Å². The van der Waals surface area contributed by atoms with Crippen molar-refractivity contribution < 1.29 is 14.7 Å². The van der Waals surface area contributed by atoms with Gasteiger partial charge in [-0.1, -0.05) is 29.6 Å². The highest BCUT2D eigenvalue weighted by atomic mass is 35.5. The third-order valence-corrected chi connectivity index (χ3v) is 4.07. The number of carbonyl (C=O) groups is 2. The minimum Gasteiger partial charge on any atom is -0.393 e. The largest absolute Gasteiger partial charge is 0.393 e. The van der Waals surface area contributed by atoms with E-state index >= 15 is 0 Å². The summed E-state index contributed by atoms with van der Waals surface area (Å²) >= 11 is 11.7. The smallest absolute Gasteiger partial charge is 0.313 e. The second kappa shape index (κ2) is 7.81. The van der Waals surface area contributed by atoms with Crippen molar-refractivity contribution in [1.29, 1.82) is 0 Å². The quantitative estimate of drug-likeness (QED) is 0.737. The van der Waals surface area contributed by atoms with E-state index in [9.17, 15) is 14.7 Å². The lowest BCUT2D eigenvalue weighted by Gasteiger charge is -2.25. The number of aliphatic hydroxyl groups excluding tert-OH is 1. The van der Waals surface area contributed by atoms with E-state index in [1.54, 1.807) is 0 Å². The molecule has 2 amide bonds. The van der Waals surface area contributed by atoms with Gasteiger partial charge in [0, 0.05) is 22.3 Å². The molecule has 0 saturated heterocycles. The number of hydrogen-bond donors (Lipinski definition) is 3. The molecule has 1 fully saturated rings. The van der Waals surface area contributed by atoms with Crippen LogP contribution in [0.25, 0.3) is 0 Å². The highest BCUT2D eigenvalue weighted by molar-refractivity contribution is 6.40. The van der Waals surface area contributed by atoms with Crippen LogP contribution in [0.1, 0.15) is 25.7 Å². The van der Waals surface area contributed by atoms with E-state index < -0.39 is 11.8 Å². The van der Waals surface area contributed by atoms with Gasteiger partial charge in [-0.05, 0) is 43.4 Å². The topological polar surface area (TPSA) is 78.4 Å². The molecule has 1 aliphatic rings. The molecule has 2 rings (SSSR count). The highest BCUT2D eigenvalue weighted by Crippen LogP contribution is 2.24. The number of aliphatic hydroxyl groups is 1. The molecule has 2 atom stereocenters. The molecule has 0 bridgehead atoms. The van der Waals surface area contributed by atoms with Gasteiger partial charge in [0.2, 0.25) is 0 Å². The number of nitrogens with one attached hydrogen (secondary N) is 2. The summed E-state index contributed by atoms with van der Waals surface area (Å²) in [4.78, 5) is 23.6. The van der Waals surface area contributed by atoms with Gasteiger partial charge in [0.05, 0.1) is 6.10 Å². The van der Waals surface area contributed by atoms with Gasteiger partial charge in [-0.25, -0.2) is 0 Å². The summed E-state index contributed by atoms with van der Waals surface area (Å²) in [6.45, 7) is 0.389. The predicted molar refractivity (Wildman–Crippen MR) is 86.1 cm³/mol. The van der Waals surface area contributed by atoms with E-state index in [1.807, 2.05) is 0 Å². The number of carbonyl (C=O) groups excluding carboxylic acids is 2. The van der Waals surface area contributed by atoms with E-state index in [2.05, 4.69) is 10.6 Å². The molecule has 22 heavy (non-hydrogen) atoms. The SMILES string of the molecule is O=C(NCC1CCCC(O)C1)C(=O)Nc1cc(Cl)cc(Cl)c1. The number of rotatable bonds is 3. The Morgan fingerprint density at radius 1 is 1.14 bits per heavy atom. The lowest BCUT2D eigenvalue weighted by Crippen LogP contribution is -2.39. The van der Waals surface area contributed by atoms with Crippen molar-refractivity contribution in [1.82, 2.24) is 5.32 Å². The summed E-state index contributed by atoms with van der Waals surface area (Å²) in [5.74, 6) is -1.27. The summed E-state index contributed by atoms with van der Waals surface area (Å²) in [5.41, 5.74) is 0.366. The van der Waals surface area contributed by atoms with Crippen LogP contribution in [0.4, 0.5) is 5.69 Å². The maximum absolute atomic E-state index is 11.8. The molecule has 1 saturated carbocycles. The molecule has 5 nitrogen and oxygen atoms in total. The first-order valence-electron chi connectivity index (χ1n) is 7.17. The van der Waals surface area contributed by atoms with Crippen molar-refractivity contribution in [3.63, 3.8) is 0 Å². The number of benzene rings is 1. The van der Waals surface area contributed by atoms with Crippen molar-refractivity contribution in [2.24, 2.45) is 5.92 Å². The summed E-state index contributed by atoms with van der Waals surface area (Å²) in [6.07, 6.45) is 3.04. The minimum atomic E-state index is -0.769. The van der Waals surface area contributed by atoms with Crippen LogP contribution in [0.5, 0.6) is 0 Å². The fourth-order valence-electron chi connectivity index (χ4n) is 2.58. The van der Waals surface area contributed by atoms with E-state index in [-0.39, 0.29) is 12.0 Å². The van der Waals surface area contributed by atoms with Gasteiger partial charge in [0.1, 0.15) is 0 Å². The van der Waals surface area contributed by atoms with Crippen molar-refractivity contribution in [2.75, 3.05) is 11.9 Å². The Kier molecular flexibility index (Phi) is 6.06. The number of hydrogen-bond acceptors (Lipinski definition) is 3. The van der Waals surface area contributed by atoms with E-state index in [4.69, 9.17) is 23.2 Å². The fourth-order valence-corrected chi connectivity index (χ4v) is 3.11. The molecule has 7 heteroatoms. The normalized spacial score (nSPS) is 21.2. The van der Waals surface area contributed by atoms with Crippen molar-refractivity contribution in [3.8, 4) is 0 Å². The van der Waals surface area contributed by atoms with Gasteiger partial charge in [0.15, 0.2) is 0 Å². The van der Waals surface area contributed by atoms with Crippen LogP contribution in [0, 0.1) is 5.92 Å². The zero-order valence-corrected chi connectivity index (χ0v) is 13.5. The lowest BCUT2D eigenvalue weighted by atomic mass is 9.87. The zero-order chi connectivity index (χ0) is 16.1. The summed E-state index contributed by atoms with van der Waals surface area (Å²) in [5, 5.41) is 15.4. The Morgan fingerprint density at radius 2 is 1.82 bits per heavy atom. The Balaban J connectivity index is 1.83. The van der Waals surface area contributed by atoms with Gasteiger partial charge in [-0.15, -0.1) is 0 Å². The van der Waals surface area contributed by atoms with Gasteiger partial charge in [-0.3, -0.25) is 9.59 Å². The van der Waals surface area contributed by atoms with Crippen LogP contribution in [-0.2, 0) is 9.59 Å². The van der Waals surface area contributed by atoms with E-state index in [0.29, 0.717) is 28.7 Å². The Hall–Kier alpha value is -1.30. The Morgan fingerprint density at radius 3 is 2.45 bits per heavy atom. The van der Waals surface area contributed by atoms with Gasteiger partial charge in [0.25, 0.3) is 0 Å². The van der Waals surface area contributed by atoms with Crippen LogP contribution >= 0.6 is 23.2 Å². The number of halogens is 2. The molecule has 1 aromatic carbocycles. The molecular formula is C15H18Cl2N2O3. The monoisotopic (exact) mass is 344 g/mol. The first-order chi connectivity index (χ1) is 10.4. The van der Waals surface area contributed by atoms with Crippen LogP contribution in [0.2, 0.25) is 10.0 Å². The third-order valence-electron chi connectivity index (χ3n) is 3.63. The van der Waals surface area contributed by atoms with Gasteiger partial charge < -0.3 is 15.7 Å². The zero-order valence-electron chi connectivity index (χ0n) is 11.9. The molecule has 2 unspecified atom stereocenters. The molecule has 3 N–H and O–H groups in total. The fraction of sp³-hybridized carbons (Fsp3) is 0.467. The summed E-state index contributed by atoms with van der Waals surface area (Å²) in [7, 11) is 0. The molecule has 1 aromatic rings. The number of amides is 2. The summed E-state index contributed by atoms with van der Waals surface area (Å²) in [6, 6.07) is 4.56. The first kappa shape index (κ1) is 17.1. The van der Waals surface area contributed by atoms with Crippen molar-refractivity contribution in [2.45, 2.75) is 31.8 Å². The number of anilines is 1. The summed E-state index contributed by atoms with van der Waals surface area (Å²) < 4.78 is 0. The molecule has 1 aliphatic carbocycles. The van der Waals surface area contributed by atoms with Crippen LogP contribution < -0.4 is 10.6 Å². The highest BCUT2D eigenvalue weighted by Gasteiger charge is 2.22. The van der Waals surface area contributed by atoms with E-state index in [1.165, 1.54) is 18.2 Å². The molecule has 0 heterocycles. The third kappa shape index (κ3) is 5.16. The predicted octanol–water partition coefficient (Wildman–Crippen LogP) is 2.60. The molecule has 0 spiro atoms. The Labute approximate surface area is 139 Å². The minimum absolute atomic E-state index is 0.209. The molecule has 0 radical (unpaired) electrons. The second-order valence-corrected chi connectivity index (χ2v) is 6.38. The molecule has 0 aromatic heterocycles. The van der Waals surface area contributed by atoms with Crippen LogP contribution in [0.3, 0.4) is 0 Å². The molecule has 120 valence electrons. The maximum Gasteiger partial charge on any atom is 0.313 e. The van der Waals surface area contributed by atoms with Gasteiger partial charge in [-0.2, -0.15) is 0 Å². The maximum atomic E-state index is 11.8. The molecular weight excluding hydrogens is 327 g/mol. The average Bonchev–Trinajstić information content (AvgIpc) is 2.43. The van der Waals surface area contributed by atoms with Crippen LogP contribution in [0.15, 0.2) is 18.2 Å². The average molecular weight is 345 g/mol. The first-order valence-corrected chi connectivity index (χ1v) is 7.93.